The van der Waals surface area contributed by atoms with Crippen molar-refractivity contribution < 1.29 is 9.90 Å². The minimum Gasteiger partial charge on any atom is -0.477 e. The lowest BCUT2D eigenvalue weighted by Gasteiger charge is -2.07. The summed E-state index contributed by atoms with van der Waals surface area (Å²) in [5, 5.41) is 14.7. The zero-order valence-corrected chi connectivity index (χ0v) is 13.7. The van der Waals surface area contributed by atoms with E-state index in [0.717, 1.165) is 20.1 Å². The summed E-state index contributed by atoms with van der Waals surface area (Å²) in [5.74, 6) is -1.29. The van der Waals surface area contributed by atoms with Crippen LogP contribution in [-0.4, -0.2) is 25.8 Å². The van der Waals surface area contributed by atoms with Gasteiger partial charge in [-0.05, 0) is 30.3 Å². The fourth-order valence-electron chi connectivity index (χ4n) is 2.73. The first-order valence-corrected chi connectivity index (χ1v) is 7.88. The Hall–Kier alpha value is -2.93. The summed E-state index contributed by atoms with van der Waals surface area (Å²) in [6.45, 7) is 0. The largest absolute Gasteiger partial charge is 0.477 e. The topological polar surface area (TPSA) is 88.0 Å². The summed E-state index contributed by atoms with van der Waals surface area (Å²) in [7, 11) is 0. The van der Waals surface area contributed by atoms with E-state index in [4.69, 9.17) is 0 Å². The van der Waals surface area contributed by atoms with Gasteiger partial charge in [-0.2, -0.15) is 9.78 Å². The molecule has 118 valence electrons. The van der Waals surface area contributed by atoms with E-state index in [1.165, 1.54) is 0 Å². The number of nitrogens with zero attached hydrogens (tertiary/aromatic N) is 2. The van der Waals surface area contributed by atoms with Gasteiger partial charge in [-0.1, -0.05) is 34.1 Å². The number of carboxylic acid groups (broad SMARTS) is 1. The predicted molar refractivity (Wildman–Crippen MR) is 93.9 cm³/mol. The first-order valence-electron chi connectivity index (χ1n) is 7.09. The van der Waals surface area contributed by atoms with Crippen LogP contribution in [0.5, 0.6) is 0 Å². The number of halogens is 1. The third-order valence-corrected chi connectivity index (χ3v) is 4.35. The molecular formula is C17H10BrN3O3. The van der Waals surface area contributed by atoms with Crippen molar-refractivity contribution in [3.63, 3.8) is 0 Å². The second kappa shape index (κ2) is 5.31. The summed E-state index contributed by atoms with van der Waals surface area (Å²) < 4.78 is 1.98. The minimum atomic E-state index is -1.29. The number of H-pyrrole nitrogens is 1. The van der Waals surface area contributed by atoms with Gasteiger partial charge in [0.1, 0.15) is 5.52 Å². The van der Waals surface area contributed by atoms with E-state index in [0.29, 0.717) is 11.2 Å². The molecule has 0 atom stereocenters. The Morgan fingerprint density at radius 3 is 2.54 bits per heavy atom. The Balaban J connectivity index is 2.17. The highest BCUT2D eigenvalue weighted by Gasteiger charge is 2.21. The molecule has 24 heavy (non-hydrogen) atoms. The van der Waals surface area contributed by atoms with Gasteiger partial charge in [0, 0.05) is 15.4 Å². The van der Waals surface area contributed by atoms with E-state index in [1.807, 2.05) is 24.3 Å². The summed E-state index contributed by atoms with van der Waals surface area (Å²) in [5.41, 5.74) is 0.920. The summed E-state index contributed by atoms with van der Waals surface area (Å²) in [4.78, 5) is 27.3. The number of aromatic amines is 1. The number of carbonyl (C=O) groups is 1. The molecule has 0 amide bonds. The quantitative estimate of drug-likeness (QED) is 0.555. The number of aromatic nitrogens is 3. The SMILES string of the molecule is O=C(O)c1c(=O)n(-c2ccc(Br)cc2)nc2c1[nH]c1ccccc12. The van der Waals surface area contributed by atoms with Crippen molar-refractivity contribution in [1.29, 1.82) is 0 Å². The summed E-state index contributed by atoms with van der Waals surface area (Å²) in [6, 6.07) is 14.3. The van der Waals surface area contributed by atoms with Crippen molar-refractivity contribution in [2.75, 3.05) is 0 Å². The van der Waals surface area contributed by atoms with Crippen molar-refractivity contribution in [2.24, 2.45) is 0 Å². The van der Waals surface area contributed by atoms with Crippen LogP contribution >= 0.6 is 15.9 Å². The number of aromatic carboxylic acids is 1. The standard InChI is InChI=1S/C17H10BrN3O3/c18-9-5-7-10(8-6-9)21-16(22)13(17(23)24)15-14(20-21)11-3-1-2-4-12(11)19-15/h1-8,19H,(H,23,24). The van der Waals surface area contributed by atoms with E-state index in [9.17, 15) is 14.7 Å². The molecule has 0 unspecified atom stereocenters. The van der Waals surface area contributed by atoms with Crippen LogP contribution in [0.3, 0.4) is 0 Å². The van der Waals surface area contributed by atoms with Gasteiger partial charge < -0.3 is 10.1 Å². The third kappa shape index (κ3) is 2.13. The molecule has 2 aromatic carbocycles. The van der Waals surface area contributed by atoms with Gasteiger partial charge in [-0.15, -0.1) is 0 Å². The highest BCUT2D eigenvalue weighted by molar-refractivity contribution is 9.10. The van der Waals surface area contributed by atoms with Crippen LogP contribution in [-0.2, 0) is 0 Å². The lowest BCUT2D eigenvalue weighted by atomic mass is 10.2. The maximum Gasteiger partial charge on any atom is 0.343 e. The van der Waals surface area contributed by atoms with Gasteiger partial charge in [0.05, 0.1) is 11.2 Å². The molecule has 0 radical (unpaired) electrons. The van der Waals surface area contributed by atoms with E-state index in [-0.39, 0.29) is 11.1 Å². The molecule has 0 aliphatic heterocycles. The molecule has 0 saturated carbocycles. The Morgan fingerprint density at radius 1 is 1.12 bits per heavy atom. The number of benzene rings is 2. The van der Waals surface area contributed by atoms with Gasteiger partial charge in [-0.25, -0.2) is 4.79 Å². The molecule has 0 spiro atoms. The average Bonchev–Trinajstić information content (AvgIpc) is 2.92. The normalized spacial score (nSPS) is 11.2. The Kier molecular flexibility index (Phi) is 3.24. The zero-order valence-electron chi connectivity index (χ0n) is 12.2. The van der Waals surface area contributed by atoms with Crippen molar-refractivity contribution in [2.45, 2.75) is 0 Å². The van der Waals surface area contributed by atoms with Crippen LogP contribution in [0.25, 0.3) is 27.6 Å². The van der Waals surface area contributed by atoms with Gasteiger partial charge in [0.15, 0.2) is 5.56 Å². The highest BCUT2D eigenvalue weighted by Crippen LogP contribution is 2.25. The molecule has 0 bridgehead atoms. The van der Waals surface area contributed by atoms with Crippen LogP contribution in [0.1, 0.15) is 10.4 Å². The lowest BCUT2D eigenvalue weighted by molar-refractivity contribution is 0.0696. The van der Waals surface area contributed by atoms with Crippen LogP contribution < -0.4 is 5.56 Å². The van der Waals surface area contributed by atoms with Gasteiger partial charge in [0.2, 0.25) is 0 Å². The maximum atomic E-state index is 12.7. The van der Waals surface area contributed by atoms with Crippen molar-refractivity contribution in [1.82, 2.24) is 14.8 Å². The molecule has 0 saturated heterocycles. The average molecular weight is 384 g/mol. The molecule has 2 heterocycles. The van der Waals surface area contributed by atoms with Crippen LogP contribution in [0.2, 0.25) is 0 Å². The first-order chi connectivity index (χ1) is 11.6. The fraction of sp³-hybridized carbons (Fsp3) is 0. The zero-order chi connectivity index (χ0) is 16.8. The molecular weight excluding hydrogens is 374 g/mol. The molecule has 6 nitrogen and oxygen atoms in total. The van der Waals surface area contributed by atoms with Crippen molar-refractivity contribution in [3.05, 3.63) is 68.9 Å². The van der Waals surface area contributed by atoms with Gasteiger partial charge in [0.25, 0.3) is 5.56 Å². The van der Waals surface area contributed by atoms with Crippen molar-refractivity contribution >= 4 is 43.8 Å². The van der Waals surface area contributed by atoms with E-state index in [1.54, 1.807) is 24.3 Å². The first kappa shape index (κ1) is 14.6. The Bertz CT molecular complexity index is 1160. The van der Waals surface area contributed by atoms with E-state index < -0.39 is 11.5 Å². The predicted octanol–water partition coefficient (Wildman–Crippen LogP) is 3.33. The molecule has 0 aliphatic rings. The monoisotopic (exact) mass is 383 g/mol. The number of fused-ring (bicyclic) bond motifs is 3. The number of rotatable bonds is 2. The second-order valence-corrected chi connectivity index (χ2v) is 6.18. The third-order valence-electron chi connectivity index (χ3n) is 3.82. The summed E-state index contributed by atoms with van der Waals surface area (Å²) in [6.07, 6.45) is 0. The van der Waals surface area contributed by atoms with Crippen molar-refractivity contribution in [3.8, 4) is 5.69 Å². The molecule has 4 rings (SSSR count). The molecule has 2 N–H and O–H groups in total. The molecule has 0 aliphatic carbocycles. The van der Waals surface area contributed by atoms with E-state index in [2.05, 4.69) is 26.0 Å². The molecule has 2 aromatic heterocycles. The lowest BCUT2D eigenvalue weighted by Crippen LogP contribution is -2.27. The molecule has 7 heteroatoms. The smallest absolute Gasteiger partial charge is 0.343 e. The van der Waals surface area contributed by atoms with E-state index >= 15 is 0 Å². The second-order valence-electron chi connectivity index (χ2n) is 5.27. The number of para-hydroxylation sites is 1. The Labute approximate surface area is 143 Å². The molecule has 4 aromatic rings. The highest BCUT2D eigenvalue weighted by atomic mass is 79.9. The molecule has 0 fully saturated rings. The fourth-order valence-corrected chi connectivity index (χ4v) is 2.99. The maximum absolute atomic E-state index is 12.7. The van der Waals surface area contributed by atoms with Gasteiger partial charge in [-0.3, -0.25) is 4.79 Å². The minimum absolute atomic E-state index is 0.238. The number of hydrogen-bond donors (Lipinski definition) is 2. The summed E-state index contributed by atoms with van der Waals surface area (Å²) >= 11 is 3.33. The number of hydrogen-bond acceptors (Lipinski definition) is 3. The number of nitrogens with one attached hydrogen (secondary N) is 1. The van der Waals surface area contributed by atoms with Crippen LogP contribution in [0.4, 0.5) is 0 Å². The van der Waals surface area contributed by atoms with Crippen LogP contribution in [0, 0.1) is 0 Å². The Morgan fingerprint density at radius 2 is 1.83 bits per heavy atom. The van der Waals surface area contributed by atoms with Crippen LogP contribution in [0.15, 0.2) is 57.8 Å². The number of carboxylic acids is 1. The van der Waals surface area contributed by atoms with Gasteiger partial charge >= 0.3 is 5.97 Å².